The molecule has 1 aliphatic heterocycles. The van der Waals surface area contributed by atoms with Gasteiger partial charge in [0.15, 0.2) is 0 Å². The predicted molar refractivity (Wildman–Crippen MR) is 95.1 cm³/mol. The molecule has 0 aliphatic carbocycles. The molecule has 0 saturated carbocycles. The molecule has 0 unspecified atom stereocenters. The third-order valence-electron chi connectivity index (χ3n) is 5.16. The number of carbonyl (C=O) groups excluding carboxylic acids is 1. The van der Waals surface area contributed by atoms with E-state index in [4.69, 9.17) is 15.0 Å². The van der Waals surface area contributed by atoms with Crippen LogP contribution in [0.4, 0.5) is 0 Å². The van der Waals surface area contributed by atoms with Crippen LogP contribution in [-0.2, 0) is 16.4 Å². The second-order valence-corrected chi connectivity index (χ2v) is 7.32. The van der Waals surface area contributed by atoms with Crippen LogP contribution in [0, 0.1) is 0 Å². The largest absolute Gasteiger partial charge is 0.506 e. The molecule has 1 aliphatic rings. The second kappa shape index (κ2) is 5.34. The number of amides is 1. The Bertz CT molecular complexity index is 932. The Morgan fingerprint density at radius 2 is 1.76 bits per heavy atom. The molecule has 0 bridgehead atoms. The van der Waals surface area contributed by atoms with Gasteiger partial charge < -0.3 is 24.7 Å². The van der Waals surface area contributed by atoms with Crippen LogP contribution >= 0.6 is 0 Å². The van der Waals surface area contributed by atoms with Gasteiger partial charge in [-0.3, -0.25) is 9.59 Å². The fourth-order valence-electron chi connectivity index (χ4n) is 2.90. The molecule has 1 amide bonds. The van der Waals surface area contributed by atoms with Crippen molar-refractivity contribution in [3.05, 3.63) is 34.1 Å². The molecule has 0 atom stereocenters. The monoisotopic (exact) mass is 344 g/mol. The fraction of sp³-hybridized carbons (Fsp3) is 0.412. The van der Waals surface area contributed by atoms with Crippen LogP contribution in [0.2, 0.25) is 0 Å². The Hall–Kier alpha value is -2.32. The summed E-state index contributed by atoms with van der Waals surface area (Å²) < 4.78 is 13.3. The van der Waals surface area contributed by atoms with Crippen molar-refractivity contribution in [2.24, 2.45) is 12.8 Å². The molecular weight excluding hydrogens is 323 g/mol. The first-order chi connectivity index (χ1) is 11.5. The molecule has 3 rings (SSSR count). The third kappa shape index (κ3) is 2.53. The van der Waals surface area contributed by atoms with Crippen molar-refractivity contribution in [3.63, 3.8) is 0 Å². The second-order valence-electron chi connectivity index (χ2n) is 7.32. The lowest BCUT2D eigenvalue weighted by molar-refractivity contribution is 0.00578. The molecule has 0 spiro atoms. The van der Waals surface area contributed by atoms with Gasteiger partial charge in [-0.05, 0) is 45.3 Å². The normalized spacial score (nSPS) is 18.7. The molecule has 25 heavy (non-hydrogen) atoms. The average molecular weight is 344 g/mol. The lowest BCUT2D eigenvalue weighted by Gasteiger charge is -2.32. The van der Waals surface area contributed by atoms with Gasteiger partial charge in [0.1, 0.15) is 11.3 Å². The van der Waals surface area contributed by atoms with Crippen molar-refractivity contribution in [2.45, 2.75) is 38.9 Å². The van der Waals surface area contributed by atoms with Crippen LogP contribution in [-0.4, -0.2) is 33.9 Å². The minimum atomic E-state index is -0.971. The van der Waals surface area contributed by atoms with E-state index in [-0.39, 0.29) is 0 Å². The topological polar surface area (TPSA) is 104 Å². The Kier molecular flexibility index (Phi) is 3.74. The van der Waals surface area contributed by atoms with Gasteiger partial charge in [-0.1, -0.05) is 6.07 Å². The average Bonchev–Trinajstić information content (AvgIpc) is 2.72. The third-order valence-corrected chi connectivity index (χ3v) is 5.16. The number of hydrogen-bond donors (Lipinski definition) is 2. The number of aryl methyl sites for hydroxylation is 1. The number of benzene rings is 1. The summed E-state index contributed by atoms with van der Waals surface area (Å²) in [6, 6.07) is 5.10. The van der Waals surface area contributed by atoms with E-state index >= 15 is 0 Å². The minimum Gasteiger partial charge on any atom is -0.506 e. The number of hydrogen-bond acceptors (Lipinski definition) is 5. The van der Waals surface area contributed by atoms with Crippen molar-refractivity contribution in [1.82, 2.24) is 4.57 Å². The van der Waals surface area contributed by atoms with Crippen LogP contribution in [0.1, 0.15) is 38.1 Å². The van der Waals surface area contributed by atoms with Crippen molar-refractivity contribution in [2.75, 3.05) is 0 Å². The Labute approximate surface area is 145 Å². The van der Waals surface area contributed by atoms with Gasteiger partial charge in [0, 0.05) is 12.4 Å². The summed E-state index contributed by atoms with van der Waals surface area (Å²) in [6.07, 6.45) is 0. The highest BCUT2D eigenvalue weighted by Gasteiger charge is 2.51. The van der Waals surface area contributed by atoms with Crippen molar-refractivity contribution < 1.29 is 19.2 Å². The van der Waals surface area contributed by atoms with Crippen LogP contribution in [0.15, 0.2) is 23.0 Å². The molecule has 0 radical (unpaired) electrons. The van der Waals surface area contributed by atoms with E-state index in [0.717, 1.165) is 0 Å². The molecule has 1 aromatic carbocycles. The summed E-state index contributed by atoms with van der Waals surface area (Å²) in [5, 5.41) is 10.7. The Morgan fingerprint density at radius 3 is 2.28 bits per heavy atom. The van der Waals surface area contributed by atoms with Crippen molar-refractivity contribution in [1.29, 1.82) is 0 Å². The summed E-state index contributed by atoms with van der Waals surface area (Å²) in [6.45, 7) is 7.78. The molecule has 132 valence electrons. The number of aromatic nitrogens is 1. The maximum absolute atomic E-state index is 12.2. The van der Waals surface area contributed by atoms with E-state index in [0.29, 0.717) is 16.4 Å². The SMILES string of the molecule is Cn1c(=O)c(C(N)=O)c(O)c2cc(B3OC(C)(C)C(C)(C)O3)ccc21. The standard InChI is InChI=1S/C17H21BN2O5/c1-16(2)17(3,4)25-18(24-16)9-6-7-11-10(8-9)13(21)12(14(19)22)15(23)20(11)5/h6-8,21H,1-5H3,(H2,19,22). The molecular formula is C17H21BN2O5. The summed E-state index contributed by atoms with van der Waals surface area (Å²) in [5.41, 5.74) is 4.33. The Balaban J connectivity index is 2.19. The fourth-order valence-corrected chi connectivity index (χ4v) is 2.90. The number of primary amides is 1. The smallest absolute Gasteiger partial charge is 0.494 e. The number of pyridine rings is 1. The number of carbonyl (C=O) groups is 1. The zero-order valence-corrected chi connectivity index (χ0v) is 14.9. The van der Waals surface area contributed by atoms with Gasteiger partial charge in [0.2, 0.25) is 0 Å². The molecule has 8 heteroatoms. The highest BCUT2D eigenvalue weighted by molar-refractivity contribution is 6.62. The van der Waals surface area contributed by atoms with Crippen LogP contribution in [0.3, 0.4) is 0 Å². The number of rotatable bonds is 2. The van der Waals surface area contributed by atoms with Gasteiger partial charge >= 0.3 is 7.12 Å². The van der Waals surface area contributed by atoms with Crippen LogP contribution < -0.4 is 16.8 Å². The lowest BCUT2D eigenvalue weighted by atomic mass is 9.78. The van der Waals surface area contributed by atoms with E-state index in [1.54, 1.807) is 18.2 Å². The highest BCUT2D eigenvalue weighted by atomic mass is 16.7. The zero-order chi connectivity index (χ0) is 18.7. The first-order valence-corrected chi connectivity index (χ1v) is 7.97. The maximum Gasteiger partial charge on any atom is 0.494 e. The maximum atomic E-state index is 12.2. The molecule has 2 aromatic rings. The number of nitrogens with two attached hydrogens (primary N) is 1. The molecule has 2 heterocycles. The predicted octanol–water partition coefficient (Wildman–Crippen LogP) is 0.642. The summed E-state index contributed by atoms with van der Waals surface area (Å²) >= 11 is 0. The first kappa shape index (κ1) is 17.5. The molecule has 1 saturated heterocycles. The number of fused-ring (bicyclic) bond motifs is 1. The molecule has 1 aromatic heterocycles. The zero-order valence-electron chi connectivity index (χ0n) is 14.9. The van der Waals surface area contributed by atoms with Crippen molar-refractivity contribution >= 4 is 29.4 Å². The van der Waals surface area contributed by atoms with Gasteiger partial charge in [0.05, 0.1) is 16.7 Å². The lowest BCUT2D eigenvalue weighted by Crippen LogP contribution is -2.41. The summed E-state index contributed by atoms with van der Waals surface area (Å²) in [7, 11) is 0.897. The molecule has 7 nitrogen and oxygen atoms in total. The molecule has 3 N–H and O–H groups in total. The minimum absolute atomic E-state index is 0.336. The summed E-state index contributed by atoms with van der Waals surface area (Å²) in [5.74, 6) is -1.40. The highest BCUT2D eigenvalue weighted by Crippen LogP contribution is 2.37. The van der Waals surface area contributed by atoms with E-state index < -0.39 is 41.1 Å². The van der Waals surface area contributed by atoms with Gasteiger partial charge in [0.25, 0.3) is 11.5 Å². The van der Waals surface area contributed by atoms with E-state index in [1.165, 1.54) is 11.6 Å². The Morgan fingerprint density at radius 1 is 1.20 bits per heavy atom. The number of aromatic hydroxyl groups is 1. The van der Waals surface area contributed by atoms with Gasteiger partial charge in [-0.25, -0.2) is 0 Å². The van der Waals surface area contributed by atoms with Crippen LogP contribution in [0.5, 0.6) is 5.75 Å². The van der Waals surface area contributed by atoms with Crippen molar-refractivity contribution in [3.8, 4) is 5.75 Å². The van der Waals surface area contributed by atoms with Crippen LogP contribution in [0.25, 0.3) is 10.9 Å². The number of nitrogens with zero attached hydrogens (tertiary/aromatic N) is 1. The first-order valence-electron chi connectivity index (χ1n) is 7.97. The van der Waals surface area contributed by atoms with E-state index in [2.05, 4.69) is 0 Å². The van der Waals surface area contributed by atoms with Gasteiger partial charge in [-0.2, -0.15) is 0 Å². The quantitative estimate of drug-likeness (QED) is 0.779. The van der Waals surface area contributed by atoms with Gasteiger partial charge in [-0.15, -0.1) is 0 Å². The molecule has 1 fully saturated rings. The van der Waals surface area contributed by atoms with E-state index in [1.807, 2.05) is 27.7 Å². The van der Waals surface area contributed by atoms with E-state index in [9.17, 15) is 14.7 Å². The summed E-state index contributed by atoms with van der Waals surface area (Å²) in [4.78, 5) is 23.8.